The van der Waals surface area contributed by atoms with Crippen LogP contribution in [-0.2, 0) is 0 Å². The first kappa shape index (κ1) is 18.6. The molecule has 1 amide bonds. The number of benzene rings is 3. The molecule has 0 bridgehead atoms. The summed E-state index contributed by atoms with van der Waals surface area (Å²) in [6.07, 6.45) is 0. The summed E-state index contributed by atoms with van der Waals surface area (Å²) >= 11 is 5.90. The minimum Gasteiger partial charge on any atom is -0.436 e. The van der Waals surface area contributed by atoms with E-state index in [4.69, 9.17) is 16.0 Å². The van der Waals surface area contributed by atoms with E-state index < -0.39 is 10.8 Å². The molecule has 0 spiro atoms. The first-order valence-electron chi connectivity index (χ1n) is 8.63. The number of hydrogen-bond donors (Lipinski definition) is 1. The first-order chi connectivity index (χ1) is 13.9. The Morgan fingerprint density at radius 3 is 2.59 bits per heavy atom. The van der Waals surface area contributed by atoms with E-state index in [0.717, 1.165) is 5.56 Å². The molecule has 7 nitrogen and oxygen atoms in total. The van der Waals surface area contributed by atoms with Crippen LogP contribution in [-0.4, -0.2) is 15.8 Å². The van der Waals surface area contributed by atoms with Crippen molar-refractivity contribution in [3.63, 3.8) is 0 Å². The maximum Gasteiger partial charge on any atom is 0.273 e. The van der Waals surface area contributed by atoms with Crippen LogP contribution >= 0.6 is 11.6 Å². The minimum atomic E-state index is -0.508. The number of nitrogens with zero attached hydrogens (tertiary/aromatic N) is 2. The fraction of sp³-hybridized carbons (Fsp3) is 0.0476. The van der Waals surface area contributed by atoms with Gasteiger partial charge in [0.2, 0.25) is 5.89 Å². The highest BCUT2D eigenvalue weighted by Gasteiger charge is 2.16. The molecule has 8 heteroatoms. The number of aryl methyl sites for hydroxylation is 1. The number of fused-ring (bicyclic) bond motifs is 1. The van der Waals surface area contributed by atoms with E-state index in [-0.39, 0.29) is 11.3 Å². The van der Waals surface area contributed by atoms with Crippen molar-refractivity contribution >= 4 is 40.0 Å². The molecule has 29 heavy (non-hydrogen) atoms. The fourth-order valence-corrected chi connectivity index (χ4v) is 3.00. The van der Waals surface area contributed by atoms with Crippen LogP contribution in [0.15, 0.2) is 65.1 Å². The lowest BCUT2D eigenvalue weighted by Crippen LogP contribution is -2.12. The molecule has 0 aliphatic rings. The Bertz CT molecular complexity index is 1250. The largest absolute Gasteiger partial charge is 0.436 e. The SMILES string of the molecule is Cc1ccc(C(=O)Nc2ccc3oc(-c4ccc(Cl)cc4)nc3c2)cc1[N+](=O)[O-]. The standard InChI is InChI=1S/C21H14ClN3O4/c1-12-2-3-14(10-18(12)25(27)28)20(26)23-16-8-9-19-17(11-16)24-21(29-19)13-4-6-15(22)7-5-13/h2-11H,1H3,(H,23,26). The van der Waals surface area contributed by atoms with Gasteiger partial charge in [-0.05, 0) is 55.5 Å². The second-order valence-corrected chi connectivity index (χ2v) is 6.86. The van der Waals surface area contributed by atoms with Crippen molar-refractivity contribution in [3.8, 4) is 11.5 Å². The van der Waals surface area contributed by atoms with Gasteiger partial charge in [0.1, 0.15) is 5.52 Å². The lowest BCUT2D eigenvalue weighted by molar-refractivity contribution is -0.385. The number of anilines is 1. The van der Waals surface area contributed by atoms with Gasteiger partial charge < -0.3 is 9.73 Å². The first-order valence-corrected chi connectivity index (χ1v) is 9.01. The van der Waals surface area contributed by atoms with Gasteiger partial charge in [0.05, 0.1) is 4.92 Å². The lowest BCUT2D eigenvalue weighted by Gasteiger charge is -2.06. The number of amides is 1. The van der Waals surface area contributed by atoms with Gasteiger partial charge in [0.25, 0.3) is 11.6 Å². The molecule has 144 valence electrons. The Labute approximate surface area is 170 Å². The molecule has 4 aromatic rings. The van der Waals surface area contributed by atoms with Gasteiger partial charge in [0, 0.05) is 33.5 Å². The number of nitro groups is 1. The quantitative estimate of drug-likeness (QED) is 0.350. The fourth-order valence-electron chi connectivity index (χ4n) is 2.87. The Morgan fingerprint density at radius 2 is 1.86 bits per heavy atom. The van der Waals surface area contributed by atoms with E-state index in [0.29, 0.717) is 33.3 Å². The average molecular weight is 408 g/mol. The zero-order valence-electron chi connectivity index (χ0n) is 15.2. The van der Waals surface area contributed by atoms with Gasteiger partial charge in [-0.2, -0.15) is 0 Å². The van der Waals surface area contributed by atoms with Gasteiger partial charge in [-0.25, -0.2) is 4.98 Å². The topological polar surface area (TPSA) is 98.3 Å². The molecular formula is C21H14ClN3O4. The van der Waals surface area contributed by atoms with Crippen molar-refractivity contribution in [1.82, 2.24) is 4.98 Å². The van der Waals surface area contributed by atoms with Gasteiger partial charge >= 0.3 is 0 Å². The molecule has 0 unspecified atom stereocenters. The molecule has 1 heterocycles. The third-order valence-corrected chi connectivity index (χ3v) is 4.66. The van der Waals surface area contributed by atoms with Crippen molar-refractivity contribution < 1.29 is 14.1 Å². The number of carbonyl (C=O) groups excluding carboxylic acids is 1. The molecule has 1 aromatic heterocycles. The third kappa shape index (κ3) is 3.81. The molecular weight excluding hydrogens is 394 g/mol. The molecule has 0 aliphatic heterocycles. The van der Waals surface area contributed by atoms with Crippen molar-refractivity contribution in [2.24, 2.45) is 0 Å². The maximum absolute atomic E-state index is 12.5. The third-order valence-electron chi connectivity index (χ3n) is 4.40. The van der Waals surface area contributed by atoms with Gasteiger partial charge in [-0.1, -0.05) is 17.7 Å². The Morgan fingerprint density at radius 1 is 1.10 bits per heavy atom. The van der Waals surface area contributed by atoms with Gasteiger partial charge in [0.15, 0.2) is 5.58 Å². The van der Waals surface area contributed by atoms with Gasteiger partial charge in [-0.3, -0.25) is 14.9 Å². The zero-order valence-corrected chi connectivity index (χ0v) is 15.9. The molecule has 1 N–H and O–H groups in total. The number of oxazole rings is 1. The summed E-state index contributed by atoms with van der Waals surface area (Å²) in [5, 5.41) is 14.4. The predicted molar refractivity (Wildman–Crippen MR) is 110 cm³/mol. The number of rotatable bonds is 4. The van der Waals surface area contributed by atoms with Crippen molar-refractivity contribution in [2.75, 3.05) is 5.32 Å². The predicted octanol–water partition coefficient (Wildman–Crippen LogP) is 5.62. The van der Waals surface area contributed by atoms with Crippen LogP contribution in [0.5, 0.6) is 0 Å². The average Bonchev–Trinajstić information content (AvgIpc) is 3.12. The molecule has 0 aliphatic carbocycles. The smallest absolute Gasteiger partial charge is 0.273 e. The summed E-state index contributed by atoms with van der Waals surface area (Å²) < 4.78 is 5.75. The van der Waals surface area contributed by atoms with Crippen LogP contribution < -0.4 is 5.32 Å². The van der Waals surface area contributed by atoms with Crippen molar-refractivity contribution in [1.29, 1.82) is 0 Å². The van der Waals surface area contributed by atoms with Crippen LogP contribution in [0, 0.1) is 17.0 Å². The maximum atomic E-state index is 12.5. The van der Waals surface area contributed by atoms with E-state index in [1.807, 2.05) is 0 Å². The highest BCUT2D eigenvalue weighted by Crippen LogP contribution is 2.27. The highest BCUT2D eigenvalue weighted by molar-refractivity contribution is 6.30. The molecule has 0 radical (unpaired) electrons. The second kappa shape index (κ2) is 7.37. The number of carbonyl (C=O) groups is 1. The van der Waals surface area contributed by atoms with Crippen LogP contribution in [0.3, 0.4) is 0 Å². The molecule has 0 saturated carbocycles. The summed E-state index contributed by atoms with van der Waals surface area (Å²) in [4.78, 5) is 27.5. The Balaban J connectivity index is 1.60. The number of nitrogens with one attached hydrogen (secondary N) is 1. The van der Waals surface area contributed by atoms with Crippen LogP contribution in [0.2, 0.25) is 5.02 Å². The number of nitro benzene ring substituents is 1. The van der Waals surface area contributed by atoms with Gasteiger partial charge in [-0.15, -0.1) is 0 Å². The normalized spacial score (nSPS) is 10.8. The summed E-state index contributed by atoms with van der Waals surface area (Å²) in [6, 6.07) is 16.5. The van der Waals surface area contributed by atoms with E-state index in [1.54, 1.807) is 61.5 Å². The molecule has 0 atom stereocenters. The summed E-state index contributed by atoms with van der Waals surface area (Å²) in [5.41, 5.74) is 3.01. The van der Waals surface area contributed by atoms with E-state index in [9.17, 15) is 14.9 Å². The monoisotopic (exact) mass is 407 g/mol. The van der Waals surface area contributed by atoms with Crippen LogP contribution in [0.4, 0.5) is 11.4 Å². The molecule has 0 saturated heterocycles. The Hall–Kier alpha value is -3.71. The van der Waals surface area contributed by atoms with E-state index in [2.05, 4.69) is 10.3 Å². The number of aromatic nitrogens is 1. The molecule has 4 rings (SSSR count). The second-order valence-electron chi connectivity index (χ2n) is 6.42. The number of halogens is 1. The summed E-state index contributed by atoms with van der Waals surface area (Å²) in [5.74, 6) is -0.0110. The summed E-state index contributed by atoms with van der Waals surface area (Å²) in [6.45, 7) is 1.62. The molecule has 0 fully saturated rings. The highest BCUT2D eigenvalue weighted by atomic mass is 35.5. The van der Waals surface area contributed by atoms with Crippen molar-refractivity contribution in [3.05, 3.63) is 86.9 Å². The lowest BCUT2D eigenvalue weighted by atomic mass is 10.1. The molecule has 3 aromatic carbocycles. The Kier molecular flexibility index (Phi) is 4.74. The van der Waals surface area contributed by atoms with E-state index >= 15 is 0 Å². The zero-order chi connectivity index (χ0) is 20.5. The summed E-state index contributed by atoms with van der Waals surface area (Å²) in [7, 11) is 0. The number of hydrogen-bond acceptors (Lipinski definition) is 5. The van der Waals surface area contributed by atoms with E-state index in [1.165, 1.54) is 6.07 Å². The van der Waals surface area contributed by atoms with Crippen LogP contribution in [0.1, 0.15) is 15.9 Å². The van der Waals surface area contributed by atoms with Crippen LogP contribution in [0.25, 0.3) is 22.6 Å². The minimum absolute atomic E-state index is 0.0998. The van der Waals surface area contributed by atoms with Crippen molar-refractivity contribution in [2.45, 2.75) is 6.92 Å².